The van der Waals surface area contributed by atoms with Crippen molar-refractivity contribution in [1.29, 1.82) is 0 Å². The first-order chi connectivity index (χ1) is 9.81. The van der Waals surface area contributed by atoms with E-state index in [-0.39, 0.29) is 5.82 Å². The molecule has 1 aromatic heterocycles. The van der Waals surface area contributed by atoms with Gasteiger partial charge >= 0.3 is 0 Å². The van der Waals surface area contributed by atoms with Gasteiger partial charge in [-0.3, -0.25) is 0 Å². The lowest BCUT2D eigenvalue weighted by atomic mass is 10.1. The molecule has 0 atom stereocenters. The fourth-order valence-corrected chi connectivity index (χ4v) is 2.55. The molecule has 4 rings (SSSR count). The Balaban J connectivity index is 1.98. The molecule has 0 amide bonds. The molecule has 0 saturated carbocycles. The Labute approximate surface area is 115 Å². The molecule has 3 aromatic carbocycles. The van der Waals surface area contributed by atoms with Gasteiger partial charge in [0.2, 0.25) is 0 Å². The van der Waals surface area contributed by atoms with Gasteiger partial charge < -0.3 is 4.42 Å². The van der Waals surface area contributed by atoms with E-state index >= 15 is 0 Å². The van der Waals surface area contributed by atoms with Crippen LogP contribution in [0.5, 0.6) is 0 Å². The monoisotopic (exact) mass is 262 g/mol. The minimum absolute atomic E-state index is 0.240. The van der Waals surface area contributed by atoms with Crippen LogP contribution in [0.1, 0.15) is 0 Å². The number of hydrogen-bond acceptors (Lipinski definition) is 1. The number of halogens is 1. The lowest BCUT2D eigenvalue weighted by Crippen LogP contribution is -1.74. The summed E-state index contributed by atoms with van der Waals surface area (Å²) in [6.07, 6.45) is 0. The Morgan fingerprint density at radius 2 is 1.55 bits per heavy atom. The first kappa shape index (κ1) is 11.2. The molecule has 4 aromatic rings. The van der Waals surface area contributed by atoms with Crippen molar-refractivity contribution in [2.45, 2.75) is 0 Å². The third-order valence-corrected chi connectivity index (χ3v) is 3.55. The molecule has 0 aliphatic carbocycles. The second kappa shape index (κ2) is 4.20. The van der Waals surface area contributed by atoms with E-state index in [2.05, 4.69) is 18.2 Å². The molecule has 96 valence electrons. The molecule has 0 aliphatic heterocycles. The average Bonchev–Trinajstić information content (AvgIpc) is 2.92. The fourth-order valence-electron chi connectivity index (χ4n) is 2.55. The fraction of sp³-hybridized carbons (Fsp3) is 0. The second-order valence-corrected chi connectivity index (χ2v) is 4.82. The Morgan fingerprint density at radius 3 is 2.40 bits per heavy atom. The van der Waals surface area contributed by atoms with Gasteiger partial charge in [0.1, 0.15) is 17.2 Å². The van der Waals surface area contributed by atoms with Gasteiger partial charge in [-0.2, -0.15) is 0 Å². The van der Waals surface area contributed by atoms with Gasteiger partial charge in [-0.1, -0.05) is 30.3 Å². The van der Waals surface area contributed by atoms with E-state index in [0.717, 1.165) is 22.3 Å². The molecule has 1 heterocycles. The van der Waals surface area contributed by atoms with Crippen LogP contribution in [-0.2, 0) is 0 Å². The average molecular weight is 262 g/mol. The maximum Gasteiger partial charge on any atom is 0.135 e. The van der Waals surface area contributed by atoms with E-state index in [0.29, 0.717) is 0 Å². The third-order valence-electron chi connectivity index (χ3n) is 3.55. The van der Waals surface area contributed by atoms with Crippen LogP contribution in [-0.4, -0.2) is 0 Å². The van der Waals surface area contributed by atoms with E-state index in [1.54, 1.807) is 12.1 Å². The van der Waals surface area contributed by atoms with E-state index in [1.165, 1.54) is 22.9 Å². The predicted octanol–water partition coefficient (Wildman–Crippen LogP) is 5.39. The zero-order valence-corrected chi connectivity index (χ0v) is 10.6. The summed E-state index contributed by atoms with van der Waals surface area (Å²) in [5.74, 6) is 0.520. The highest BCUT2D eigenvalue weighted by molar-refractivity contribution is 6.06. The van der Waals surface area contributed by atoms with E-state index in [4.69, 9.17) is 4.42 Å². The van der Waals surface area contributed by atoms with Crippen molar-refractivity contribution in [3.63, 3.8) is 0 Å². The molecule has 0 saturated heterocycles. The number of furan rings is 1. The van der Waals surface area contributed by atoms with Crippen molar-refractivity contribution in [3.8, 4) is 11.3 Å². The molecule has 0 aliphatic rings. The Bertz CT molecular complexity index is 904. The van der Waals surface area contributed by atoms with E-state index < -0.39 is 0 Å². The molecule has 0 bridgehead atoms. The van der Waals surface area contributed by atoms with Crippen LogP contribution in [0.2, 0.25) is 0 Å². The van der Waals surface area contributed by atoms with Gasteiger partial charge in [0.25, 0.3) is 0 Å². The smallest absolute Gasteiger partial charge is 0.135 e. The second-order valence-electron chi connectivity index (χ2n) is 4.82. The minimum Gasteiger partial charge on any atom is -0.456 e. The van der Waals surface area contributed by atoms with Crippen LogP contribution < -0.4 is 0 Å². The normalized spacial score (nSPS) is 11.2. The van der Waals surface area contributed by atoms with Crippen molar-refractivity contribution in [3.05, 3.63) is 72.5 Å². The lowest BCUT2D eigenvalue weighted by Gasteiger charge is -1.96. The van der Waals surface area contributed by atoms with Crippen molar-refractivity contribution in [1.82, 2.24) is 0 Å². The summed E-state index contributed by atoms with van der Waals surface area (Å²) in [5.41, 5.74) is 1.73. The summed E-state index contributed by atoms with van der Waals surface area (Å²) < 4.78 is 18.9. The van der Waals surface area contributed by atoms with Gasteiger partial charge in [0.05, 0.1) is 0 Å². The molecule has 0 N–H and O–H groups in total. The van der Waals surface area contributed by atoms with Crippen LogP contribution >= 0.6 is 0 Å². The predicted molar refractivity (Wildman–Crippen MR) is 79.1 cm³/mol. The highest BCUT2D eigenvalue weighted by atomic mass is 19.1. The number of benzene rings is 3. The van der Waals surface area contributed by atoms with Crippen molar-refractivity contribution >= 4 is 21.7 Å². The highest BCUT2D eigenvalue weighted by Crippen LogP contribution is 2.32. The standard InChI is InChI=1S/C18H11FO/c19-14-8-5-13(6-9-14)18-11-16-15-4-2-1-3-12(15)7-10-17(16)20-18/h1-11H. The minimum atomic E-state index is -0.240. The van der Waals surface area contributed by atoms with Gasteiger partial charge in [0, 0.05) is 10.9 Å². The van der Waals surface area contributed by atoms with Crippen molar-refractivity contribution < 1.29 is 8.81 Å². The van der Waals surface area contributed by atoms with E-state index in [1.807, 2.05) is 24.3 Å². The summed E-state index contributed by atoms with van der Waals surface area (Å²) in [4.78, 5) is 0. The molecule has 2 heteroatoms. The molecule has 20 heavy (non-hydrogen) atoms. The molecular formula is C18H11FO. The summed E-state index contributed by atoms with van der Waals surface area (Å²) in [6.45, 7) is 0. The summed E-state index contributed by atoms with van der Waals surface area (Å²) in [7, 11) is 0. The molecule has 0 fully saturated rings. The highest BCUT2D eigenvalue weighted by Gasteiger charge is 2.08. The largest absolute Gasteiger partial charge is 0.456 e. The van der Waals surface area contributed by atoms with Gasteiger partial charge in [-0.25, -0.2) is 4.39 Å². The first-order valence-electron chi connectivity index (χ1n) is 6.48. The Kier molecular flexibility index (Phi) is 2.36. The zero-order chi connectivity index (χ0) is 13.5. The first-order valence-corrected chi connectivity index (χ1v) is 6.48. The molecule has 0 spiro atoms. The molecule has 0 radical (unpaired) electrons. The van der Waals surface area contributed by atoms with Crippen LogP contribution in [0, 0.1) is 5.82 Å². The van der Waals surface area contributed by atoms with Crippen LogP contribution in [0.25, 0.3) is 33.1 Å². The van der Waals surface area contributed by atoms with Gasteiger partial charge in [0.15, 0.2) is 0 Å². The molecular weight excluding hydrogens is 251 g/mol. The van der Waals surface area contributed by atoms with Crippen LogP contribution in [0.3, 0.4) is 0 Å². The molecule has 0 unspecified atom stereocenters. The van der Waals surface area contributed by atoms with E-state index in [9.17, 15) is 4.39 Å². The van der Waals surface area contributed by atoms with Crippen molar-refractivity contribution in [2.24, 2.45) is 0 Å². The van der Waals surface area contributed by atoms with Crippen LogP contribution in [0.15, 0.2) is 71.1 Å². The summed E-state index contributed by atoms with van der Waals surface area (Å²) >= 11 is 0. The molecule has 1 nitrogen and oxygen atoms in total. The zero-order valence-electron chi connectivity index (χ0n) is 10.6. The Hall–Kier alpha value is -2.61. The van der Waals surface area contributed by atoms with Crippen molar-refractivity contribution in [2.75, 3.05) is 0 Å². The number of hydrogen-bond donors (Lipinski definition) is 0. The quantitative estimate of drug-likeness (QED) is 0.448. The SMILES string of the molecule is Fc1ccc(-c2cc3c(ccc4ccccc43)o2)cc1. The third kappa shape index (κ3) is 1.69. The Morgan fingerprint density at radius 1 is 0.750 bits per heavy atom. The maximum atomic E-state index is 13.0. The van der Waals surface area contributed by atoms with Crippen LogP contribution in [0.4, 0.5) is 4.39 Å². The van der Waals surface area contributed by atoms with Gasteiger partial charge in [-0.15, -0.1) is 0 Å². The number of fused-ring (bicyclic) bond motifs is 3. The van der Waals surface area contributed by atoms with Gasteiger partial charge in [-0.05, 0) is 47.2 Å². The summed E-state index contributed by atoms with van der Waals surface area (Å²) in [5, 5.41) is 3.44. The lowest BCUT2D eigenvalue weighted by molar-refractivity contribution is 0.623. The number of rotatable bonds is 1. The summed E-state index contributed by atoms with van der Waals surface area (Å²) in [6, 6.07) is 20.6. The topological polar surface area (TPSA) is 13.1 Å². The maximum absolute atomic E-state index is 13.0.